The predicted molar refractivity (Wildman–Crippen MR) is 53.9 cm³/mol. The normalized spacial score (nSPS) is 8.73. The Morgan fingerprint density at radius 2 is 2.40 bits per heavy atom. The van der Waals surface area contributed by atoms with Crippen molar-refractivity contribution in [2.75, 3.05) is 6.54 Å². The van der Waals surface area contributed by atoms with Gasteiger partial charge in [-0.05, 0) is 23.2 Å². The van der Waals surface area contributed by atoms with Crippen LogP contribution in [0.15, 0.2) is 29.4 Å². The second kappa shape index (κ2) is 5.43. The number of benzene rings is 1. The first-order valence-corrected chi connectivity index (χ1v) is 4.28. The molecule has 0 heterocycles. The van der Waals surface area contributed by atoms with E-state index < -0.39 is 0 Å². The number of ketones is 1. The van der Waals surface area contributed by atoms with Gasteiger partial charge >= 0.3 is 0 Å². The molecular weight excluding hydrogens is 192 g/mol. The van der Waals surface area contributed by atoms with Crippen LogP contribution in [-0.4, -0.2) is 12.3 Å². The Bertz CT molecular complexity index is 455. The van der Waals surface area contributed by atoms with Crippen LogP contribution < -0.4 is 0 Å². The van der Waals surface area contributed by atoms with Gasteiger partial charge in [-0.2, -0.15) is 5.26 Å². The van der Waals surface area contributed by atoms with Crippen LogP contribution in [0.25, 0.3) is 10.4 Å². The summed E-state index contributed by atoms with van der Waals surface area (Å²) in [4.78, 5) is 13.7. The molecule has 74 valence electrons. The molecule has 0 amide bonds. The van der Waals surface area contributed by atoms with Gasteiger partial charge in [-0.25, -0.2) is 0 Å². The molecule has 0 aliphatic rings. The fourth-order valence-electron chi connectivity index (χ4n) is 1.14. The van der Waals surface area contributed by atoms with E-state index in [4.69, 9.17) is 10.8 Å². The largest absolute Gasteiger partial charge is 0.299 e. The van der Waals surface area contributed by atoms with E-state index >= 15 is 0 Å². The zero-order valence-electron chi connectivity index (χ0n) is 7.92. The van der Waals surface area contributed by atoms with Gasteiger partial charge in [0.1, 0.15) is 5.78 Å². The van der Waals surface area contributed by atoms with Crippen molar-refractivity contribution in [3.8, 4) is 6.07 Å². The standard InChI is InChI=1S/C10H8N4O/c11-6-9-3-1-2-8(4-9)5-10(15)7-13-14-12/h1-4H,5,7H2. The molecule has 15 heavy (non-hydrogen) atoms. The maximum atomic E-state index is 11.2. The predicted octanol–water partition coefficient (Wildman–Crippen LogP) is 1.98. The summed E-state index contributed by atoms with van der Waals surface area (Å²) in [6, 6.07) is 8.78. The van der Waals surface area contributed by atoms with Gasteiger partial charge < -0.3 is 0 Å². The maximum Gasteiger partial charge on any atom is 0.143 e. The molecule has 5 heteroatoms. The number of carbonyl (C=O) groups is 1. The summed E-state index contributed by atoms with van der Waals surface area (Å²) in [6.45, 7) is -0.146. The van der Waals surface area contributed by atoms with Gasteiger partial charge in [-0.15, -0.1) is 0 Å². The van der Waals surface area contributed by atoms with E-state index in [1.54, 1.807) is 24.3 Å². The number of azide groups is 1. The van der Waals surface area contributed by atoms with Crippen molar-refractivity contribution < 1.29 is 4.79 Å². The van der Waals surface area contributed by atoms with Crippen LogP contribution in [-0.2, 0) is 11.2 Å². The Kier molecular flexibility index (Phi) is 3.90. The lowest BCUT2D eigenvalue weighted by atomic mass is 10.1. The van der Waals surface area contributed by atoms with E-state index in [0.717, 1.165) is 5.56 Å². The van der Waals surface area contributed by atoms with Crippen LogP contribution >= 0.6 is 0 Å². The lowest BCUT2D eigenvalue weighted by Gasteiger charge is -1.98. The van der Waals surface area contributed by atoms with Crippen LogP contribution in [0.3, 0.4) is 0 Å². The first-order chi connectivity index (χ1) is 7.26. The van der Waals surface area contributed by atoms with E-state index in [1.807, 2.05) is 6.07 Å². The number of hydrogen-bond donors (Lipinski definition) is 0. The lowest BCUT2D eigenvalue weighted by molar-refractivity contribution is -0.117. The fraction of sp³-hybridized carbons (Fsp3) is 0.200. The summed E-state index contributed by atoms with van der Waals surface area (Å²) in [6.07, 6.45) is 0.189. The smallest absolute Gasteiger partial charge is 0.143 e. The molecule has 5 nitrogen and oxygen atoms in total. The molecule has 0 aliphatic carbocycles. The van der Waals surface area contributed by atoms with E-state index in [1.165, 1.54) is 0 Å². The lowest BCUT2D eigenvalue weighted by Crippen LogP contribution is -2.05. The first kappa shape index (κ1) is 10.8. The Labute approximate surface area is 86.6 Å². The monoisotopic (exact) mass is 200 g/mol. The van der Waals surface area contributed by atoms with Crippen LogP contribution in [0.4, 0.5) is 0 Å². The van der Waals surface area contributed by atoms with Crippen molar-refractivity contribution in [1.29, 1.82) is 5.26 Å². The van der Waals surface area contributed by atoms with Gasteiger partial charge in [0.05, 0.1) is 18.2 Å². The molecule has 0 atom stereocenters. The molecule has 0 aromatic heterocycles. The quantitative estimate of drug-likeness (QED) is 0.422. The van der Waals surface area contributed by atoms with E-state index in [2.05, 4.69) is 10.0 Å². The highest BCUT2D eigenvalue weighted by molar-refractivity contribution is 5.82. The van der Waals surface area contributed by atoms with Gasteiger partial charge in [0, 0.05) is 11.3 Å². The molecule has 0 N–H and O–H groups in total. The van der Waals surface area contributed by atoms with Crippen LogP contribution in [0, 0.1) is 11.3 Å². The molecule has 0 unspecified atom stereocenters. The van der Waals surface area contributed by atoms with Crippen molar-refractivity contribution >= 4 is 5.78 Å². The van der Waals surface area contributed by atoms with E-state index in [0.29, 0.717) is 5.56 Å². The van der Waals surface area contributed by atoms with Gasteiger partial charge in [0.2, 0.25) is 0 Å². The summed E-state index contributed by atoms with van der Waals surface area (Å²) < 4.78 is 0. The number of carbonyl (C=O) groups excluding carboxylic acids is 1. The van der Waals surface area contributed by atoms with Crippen LogP contribution in [0.5, 0.6) is 0 Å². The van der Waals surface area contributed by atoms with Gasteiger partial charge in [0.15, 0.2) is 0 Å². The number of nitrogens with zero attached hydrogens (tertiary/aromatic N) is 4. The summed E-state index contributed by atoms with van der Waals surface area (Å²) in [5.74, 6) is -0.164. The molecule has 0 spiro atoms. The summed E-state index contributed by atoms with van der Waals surface area (Å²) in [5, 5.41) is 11.8. The van der Waals surface area contributed by atoms with Gasteiger partial charge in [-0.3, -0.25) is 4.79 Å². The second-order valence-corrected chi connectivity index (χ2v) is 2.92. The highest BCUT2D eigenvalue weighted by Crippen LogP contribution is 2.05. The minimum absolute atomic E-state index is 0.146. The Balaban J connectivity index is 2.68. The van der Waals surface area contributed by atoms with Gasteiger partial charge in [0.25, 0.3) is 0 Å². The third-order valence-corrected chi connectivity index (χ3v) is 1.77. The summed E-state index contributed by atoms with van der Waals surface area (Å²) >= 11 is 0. The number of Topliss-reactive ketones (excluding diaryl/α,β-unsaturated/α-hetero) is 1. The first-order valence-electron chi connectivity index (χ1n) is 4.28. The minimum Gasteiger partial charge on any atom is -0.299 e. The Hall–Kier alpha value is -2.31. The van der Waals surface area contributed by atoms with Gasteiger partial charge in [-0.1, -0.05) is 17.2 Å². The molecule has 0 aliphatic heterocycles. The average Bonchev–Trinajstić information content (AvgIpc) is 2.26. The minimum atomic E-state index is -0.164. The average molecular weight is 200 g/mol. The van der Waals surface area contributed by atoms with Crippen molar-refractivity contribution in [3.05, 3.63) is 45.8 Å². The molecule has 1 aromatic carbocycles. The Morgan fingerprint density at radius 1 is 1.60 bits per heavy atom. The second-order valence-electron chi connectivity index (χ2n) is 2.92. The van der Waals surface area contributed by atoms with Crippen molar-refractivity contribution in [2.45, 2.75) is 6.42 Å². The van der Waals surface area contributed by atoms with Crippen molar-refractivity contribution in [1.82, 2.24) is 0 Å². The molecule has 0 saturated heterocycles. The maximum absolute atomic E-state index is 11.2. The zero-order chi connectivity index (χ0) is 11.1. The highest BCUT2D eigenvalue weighted by Gasteiger charge is 2.02. The molecule has 1 aromatic rings. The third-order valence-electron chi connectivity index (χ3n) is 1.77. The molecule has 0 bridgehead atoms. The van der Waals surface area contributed by atoms with E-state index in [9.17, 15) is 4.79 Å². The molecule has 1 rings (SSSR count). The molecule has 0 fully saturated rings. The van der Waals surface area contributed by atoms with Crippen molar-refractivity contribution in [3.63, 3.8) is 0 Å². The molecule has 0 radical (unpaired) electrons. The number of rotatable bonds is 4. The fourth-order valence-corrected chi connectivity index (χ4v) is 1.14. The molecule has 0 saturated carbocycles. The SMILES string of the molecule is N#Cc1cccc(CC(=O)CN=[N+]=[N-])c1. The van der Waals surface area contributed by atoms with E-state index in [-0.39, 0.29) is 18.7 Å². The Morgan fingerprint density at radius 3 is 3.07 bits per heavy atom. The van der Waals surface area contributed by atoms with Crippen LogP contribution in [0.1, 0.15) is 11.1 Å². The van der Waals surface area contributed by atoms with Crippen LogP contribution in [0.2, 0.25) is 0 Å². The topological polar surface area (TPSA) is 89.6 Å². The number of hydrogen-bond acceptors (Lipinski definition) is 3. The van der Waals surface area contributed by atoms with Crippen molar-refractivity contribution in [2.24, 2.45) is 5.11 Å². The highest BCUT2D eigenvalue weighted by atomic mass is 16.1. The third kappa shape index (κ3) is 3.51. The summed E-state index contributed by atoms with van der Waals surface area (Å²) in [5.41, 5.74) is 9.30. The summed E-state index contributed by atoms with van der Waals surface area (Å²) in [7, 11) is 0. The molecular formula is C10H8N4O. The number of nitriles is 1. The zero-order valence-corrected chi connectivity index (χ0v) is 7.92.